The molecule has 1 N–H and O–H groups in total. The van der Waals surface area contributed by atoms with Gasteiger partial charge in [-0.25, -0.2) is 0 Å². The Balaban J connectivity index is 2.79. The van der Waals surface area contributed by atoms with Crippen LogP contribution in [0, 0.1) is 5.92 Å². The molecule has 13 heavy (non-hydrogen) atoms. The third-order valence-electron chi connectivity index (χ3n) is 2.20. The highest BCUT2D eigenvalue weighted by atomic mass is 16.4. The minimum atomic E-state index is -0.768. The molecule has 1 unspecified atom stereocenters. The number of hydrogen-bond acceptors (Lipinski definition) is 1. The van der Waals surface area contributed by atoms with Crippen LogP contribution in [-0.4, -0.2) is 11.1 Å². The van der Waals surface area contributed by atoms with Crippen molar-refractivity contribution in [2.75, 3.05) is 0 Å². The van der Waals surface area contributed by atoms with Crippen molar-refractivity contribution in [1.82, 2.24) is 0 Å². The smallest absolute Gasteiger partial charge is 0.310 e. The van der Waals surface area contributed by atoms with E-state index in [0.29, 0.717) is 0 Å². The van der Waals surface area contributed by atoms with Crippen LogP contribution in [0.1, 0.15) is 20.3 Å². The molecule has 1 atom stereocenters. The van der Waals surface area contributed by atoms with Crippen LogP contribution in [0.5, 0.6) is 0 Å². The fourth-order valence-corrected chi connectivity index (χ4v) is 1.21. The summed E-state index contributed by atoms with van der Waals surface area (Å²) < 4.78 is 0. The van der Waals surface area contributed by atoms with Crippen molar-refractivity contribution < 1.29 is 9.90 Å². The Kier molecular flexibility index (Phi) is 3.07. The molecular formula is C11H14O2. The lowest BCUT2D eigenvalue weighted by molar-refractivity contribution is -0.139. The maximum atomic E-state index is 10.7. The summed E-state index contributed by atoms with van der Waals surface area (Å²) in [5.74, 6) is -1.17. The first-order valence-electron chi connectivity index (χ1n) is 4.39. The molecule has 0 radical (unpaired) electrons. The number of aliphatic carboxylic acids is 1. The van der Waals surface area contributed by atoms with Gasteiger partial charge in [0.25, 0.3) is 0 Å². The minimum Gasteiger partial charge on any atom is -0.481 e. The van der Waals surface area contributed by atoms with Gasteiger partial charge in [-0.3, -0.25) is 4.79 Å². The van der Waals surface area contributed by atoms with Crippen LogP contribution in [0.2, 0.25) is 0 Å². The van der Waals surface area contributed by atoms with Gasteiger partial charge in [0.1, 0.15) is 0 Å². The zero-order valence-corrected chi connectivity index (χ0v) is 7.95. The molecule has 70 valence electrons. The molecule has 0 aromatic carbocycles. The largest absolute Gasteiger partial charge is 0.481 e. The number of carboxylic acid groups (broad SMARTS) is 1. The highest BCUT2D eigenvalue weighted by Gasteiger charge is 2.14. The van der Waals surface area contributed by atoms with Crippen molar-refractivity contribution in [2.45, 2.75) is 20.3 Å². The molecule has 0 amide bonds. The van der Waals surface area contributed by atoms with Crippen molar-refractivity contribution in [3.05, 3.63) is 35.5 Å². The third-order valence-corrected chi connectivity index (χ3v) is 2.20. The second-order valence-electron chi connectivity index (χ2n) is 3.28. The van der Waals surface area contributed by atoms with Crippen LogP contribution in [0.4, 0.5) is 0 Å². The van der Waals surface area contributed by atoms with Crippen molar-refractivity contribution in [3.63, 3.8) is 0 Å². The second-order valence-corrected chi connectivity index (χ2v) is 3.28. The first kappa shape index (κ1) is 9.78. The number of carbonyl (C=O) groups is 1. The molecule has 0 spiro atoms. The molecule has 1 aliphatic carbocycles. The lowest BCUT2D eigenvalue weighted by Gasteiger charge is -2.05. The molecule has 0 aromatic heterocycles. The average Bonchev–Trinajstić information content (AvgIpc) is 2.28. The van der Waals surface area contributed by atoms with Crippen LogP contribution < -0.4 is 0 Å². The zero-order valence-electron chi connectivity index (χ0n) is 7.95. The Morgan fingerprint density at radius 1 is 1.46 bits per heavy atom. The quantitative estimate of drug-likeness (QED) is 0.705. The van der Waals surface area contributed by atoms with Gasteiger partial charge in [0.05, 0.1) is 5.92 Å². The van der Waals surface area contributed by atoms with Gasteiger partial charge in [0, 0.05) is 0 Å². The Morgan fingerprint density at radius 3 is 2.77 bits per heavy atom. The summed E-state index contributed by atoms with van der Waals surface area (Å²) in [6, 6.07) is 0. The van der Waals surface area contributed by atoms with Gasteiger partial charge in [-0.2, -0.15) is 0 Å². The van der Waals surface area contributed by atoms with Gasteiger partial charge in [-0.15, -0.1) is 0 Å². The van der Waals surface area contributed by atoms with E-state index in [4.69, 9.17) is 5.11 Å². The van der Waals surface area contributed by atoms with Crippen LogP contribution in [0.3, 0.4) is 0 Å². The molecule has 0 fully saturated rings. The zero-order chi connectivity index (χ0) is 9.84. The van der Waals surface area contributed by atoms with Gasteiger partial charge >= 0.3 is 5.97 Å². The van der Waals surface area contributed by atoms with Crippen LogP contribution in [0.15, 0.2) is 35.5 Å². The van der Waals surface area contributed by atoms with E-state index in [-0.39, 0.29) is 0 Å². The van der Waals surface area contributed by atoms with E-state index in [1.54, 1.807) is 6.92 Å². The summed E-state index contributed by atoms with van der Waals surface area (Å²) in [4.78, 5) is 10.7. The average molecular weight is 178 g/mol. The second kappa shape index (κ2) is 4.08. The molecular weight excluding hydrogens is 164 g/mol. The first-order valence-corrected chi connectivity index (χ1v) is 4.39. The van der Waals surface area contributed by atoms with Crippen LogP contribution >= 0.6 is 0 Å². The van der Waals surface area contributed by atoms with Crippen LogP contribution in [-0.2, 0) is 4.79 Å². The SMILES string of the molecule is CC1=CCC=C(C(C)C(=O)O)C=C1. The van der Waals surface area contributed by atoms with Crippen molar-refractivity contribution in [2.24, 2.45) is 5.92 Å². The monoisotopic (exact) mass is 178 g/mol. The number of allylic oxidation sites excluding steroid dienone is 5. The normalized spacial score (nSPS) is 18.6. The van der Waals surface area contributed by atoms with E-state index in [0.717, 1.165) is 12.0 Å². The summed E-state index contributed by atoms with van der Waals surface area (Å²) in [6.45, 7) is 3.72. The van der Waals surface area contributed by atoms with E-state index >= 15 is 0 Å². The summed E-state index contributed by atoms with van der Waals surface area (Å²) in [6.07, 6.45) is 8.71. The maximum Gasteiger partial charge on any atom is 0.310 e. The molecule has 1 aliphatic rings. The molecule has 0 heterocycles. The standard InChI is InChI=1S/C11H14O2/c1-8-4-3-5-10(7-6-8)9(2)11(12)13/h4-7,9H,3H2,1-2H3,(H,12,13). The molecule has 0 aliphatic heterocycles. The predicted molar refractivity (Wildman–Crippen MR) is 52.4 cm³/mol. The highest BCUT2D eigenvalue weighted by Crippen LogP contribution is 2.17. The third kappa shape index (κ3) is 2.58. The number of rotatable bonds is 2. The lowest BCUT2D eigenvalue weighted by Crippen LogP contribution is -2.10. The van der Waals surface area contributed by atoms with Crippen LogP contribution in [0.25, 0.3) is 0 Å². The summed E-state index contributed by atoms with van der Waals surface area (Å²) in [7, 11) is 0. The van der Waals surface area contributed by atoms with E-state index in [9.17, 15) is 4.79 Å². The molecule has 0 bridgehead atoms. The summed E-state index contributed by atoms with van der Waals surface area (Å²) >= 11 is 0. The van der Waals surface area contributed by atoms with Gasteiger partial charge in [0.2, 0.25) is 0 Å². The summed E-state index contributed by atoms with van der Waals surface area (Å²) in [5.41, 5.74) is 2.07. The van der Waals surface area contributed by atoms with E-state index < -0.39 is 11.9 Å². The predicted octanol–water partition coefficient (Wildman–Crippen LogP) is 2.54. The van der Waals surface area contributed by atoms with E-state index in [1.807, 2.05) is 25.2 Å². The van der Waals surface area contributed by atoms with Gasteiger partial charge < -0.3 is 5.11 Å². The van der Waals surface area contributed by atoms with Gasteiger partial charge in [0.15, 0.2) is 0 Å². The lowest BCUT2D eigenvalue weighted by atomic mass is 10.0. The number of carboxylic acids is 1. The highest BCUT2D eigenvalue weighted by molar-refractivity contribution is 5.74. The van der Waals surface area contributed by atoms with Gasteiger partial charge in [-0.1, -0.05) is 29.9 Å². The molecule has 0 aromatic rings. The van der Waals surface area contributed by atoms with E-state index in [2.05, 4.69) is 6.08 Å². The Labute approximate surface area is 78.3 Å². The topological polar surface area (TPSA) is 37.3 Å². The van der Waals surface area contributed by atoms with Gasteiger partial charge in [-0.05, 0) is 25.8 Å². The van der Waals surface area contributed by atoms with Crippen molar-refractivity contribution >= 4 is 5.97 Å². The Morgan fingerprint density at radius 2 is 2.15 bits per heavy atom. The molecule has 2 nitrogen and oxygen atoms in total. The van der Waals surface area contributed by atoms with Crippen molar-refractivity contribution in [3.8, 4) is 0 Å². The number of hydrogen-bond donors (Lipinski definition) is 1. The van der Waals surface area contributed by atoms with E-state index in [1.165, 1.54) is 5.57 Å². The fourth-order valence-electron chi connectivity index (χ4n) is 1.21. The van der Waals surface area contributed by atoms with Crippen molar-refractivity contribution in [1.29, 1.82) is 0 Å². The minimum absolute atomic E-state index is 0.407. The molecule has 2 heteroatoms. The Bertz CT molecular complexity index is 295. The fraction of sp³-hybridized carbons (Fsp3) is 0.364. The molecule has 0 saturated carbocycles. The summed E-state index contributed by atoms with van der Waals surface area (Å²) in [5, 5.41) is 8.80. The Hall–Kier alpha value is -1.31. The molecule has 0 saturated heterocycles. The molecule has 1 rings (SSSR count). The maximum absolute atomic E-state index is 10.7. The first-order chi connectivity index (χ1) is 6.11.